The number of benzene rings is 2. The molecule has 0 aliphatic carbocycles. The van der Waals surface area contributed by atoms with Crippen molar-refractivity contribution in [3.8, 4) is 22.1 Å². The second-order valence-electron chi connectivity index (χ2n) is 6.16. The first-order valence-electron chi connectivity index (χ1n) is 8.57. The lowest BCUT2D eigenvalue weighted by atomic mass is 10.0. The number of aryl methyl sites for hydroxylation is 1. The van der Waals surface area contributed by atoms with Crippen molar-refractivity contribution in [1.29, 1.82) is 0 Å². The van der Waals surface area contributed by atoms with E-state index in [2.05, 4.69) is 10.3 Å². The van der Waals surface area contributed by atoms with Gasteiger partial charge in [-0.3, -0.25) is 4.79 Å². The Morgan fingerprint density at radius 1 is 1.11 bits per heavy atom. The first kappa shape index (κ1) is 18.9. The number of thiazole rings is 1. The largest absolute Gasteiger partial charge is 0.493 e. The van der Waals surface area contributed by atoms with Crippen LogP contribution in [0.1, 0.15) is 34.6 Å². The summed E-state index contributed by atoms with van der Waals surface area (Å²) in [5.41, 5.74) is 3.53. The van der Waals surface area contributed by atoms with Gasteiger partial charge in [-0.05, 0) is 43.2 Å². The molecular formula is C21H22N2O3S. The van der Waals surface area contributed by atoms with E-state index < -0.39 is 0 Å². The average molecular weight is 382 g/mol. The fourth-order valence-corrected chi connectivity index (χ4v) is 3.70. The van der Waals surface area contributed by atoms with Crippen LogP contribution in [0.25, 0.3) is 10.6 Å². The van der Waals surface area contributed by atoms with Crippen molar-refractivity contribution in [2.45, 2.75) is 19.9 Å². The normalized spacial score (nSPS) is 11.7. The summed E-state index contributed by atoms with van der Waals surface area (Å²) in [6, 6.07) is 13.5. The van der Waals surface area contributed by atoms with Gasteiger partial charge in [0.25, 0.3) is 5.91 Å². The molecule has 1 N–H and O–H groups in total. The Labute approximate surface area is 163 Å². The zero-order valence-electron chi connectivity index (χ0n) is 15.8. The first-order valence-corrected chi connectivity index (χ1v) is 9.45. The Balaban J connectivity index is 1.77. The van der Waals surface area contributed by atoms with E-state index in [0.717, 1.165) is 21.7 Å². The van der Waals surface area contributed by atoms with Crippen molar-refractivity contribution >= 4 is 17.2 Å². The summed E-state index contributed by atoms with van der Waals surface area (Å²) < 4.78 is 10.6. The number of carbonyl (C=O) groups is 1. The molecule has 27 heavy (non-hydrogen) atoms. The van der Waals surface area contributed by atoms with Crippen LogP contribution in [0.5, 0.6) is 11.5 Å². The number of aromatic nitrogens is 1. The Morgan fingerprint density at radius 3 is 2.56 bits per heavy atom. The highest BCUT2D eigenvalue weighted by Gasteiger charge is 2.17. The van der Waals surface area contributed by atoms with Gasteiger partial charge in [0.1, 0.15) is 10.7 Å². The molecule has 5 nitrogen and oxygen atoms in total. The number of hydrogen-bond donors (Lipinski definition) is 1. The lowest BCUT2D eigenvalue weighted by Crippen LogP contribution is -2.27. The highest BCUT2D eigenvalue weighted by atomic mass is 32.1. The van der Waals surface area contributed by atoms with Crippen LogP contribution < -0.4 is 14.8 Å². The Hall–Kier alpha value is -2.86. The monoisotopic (exact) mass is 382 g/mol. The molecule has 0 saturated heterocycles. The van der Waals surface area contributed by atoms with Crippen molar-refractivity contribution in [3.05, 3.63) is 64.7 Å². The molecule has 1 amide bonds. The van der Waals surface area contributed by atoms with Gasteiger partial charge in [0.15, 0.2) is 11.5 Å². The predicted molar refractivity (Wildman–Crippen MR) is 108 cm³/mol. The molecule has 0 aliphatic heterocycles. The molecule has 0 bridgehead atoms. The first-order chi connectivity index (χ1) is 13.0. The Morgan fingerprint density at radius 2 is 1.85 bits per heavy atom. The van der Waals surface area contributed by atoms with Crippen LogP contribution in [0.15, 0.2) is 47.8 Å². The van der Waals surface area contributed by atoms with Crippen molar-refractivity contribution in [1.82, 2.24) is 10.3 Å². The van der Waals surface area contributed by atoms with Crippen LogP contribution in [0, 0.1) is 6.92 Å². The number of nitrogens with zero attached hydrogens (tertiary/aromatic N) is 1. The number of nitrogens with one attached hydrogen (secondary N) is 1. The van der Waals surface area contributed by atoms with E-state index in [9.17, 15) is 4.79 Å². The van der Waals surface area contributed by atoms with E-state index in [0.29, 0.717) is 17.2 Å². The summed E-state index contributed by atoms with van der Waals surface area (Å²) in [6.07, 6.45) is 0. The van der Waals surface area contributed by atoms with Gasteiger partial charge in [-0.25, -0.2) is 4.98 Å². The van der Waals surface area contributed by atoms with Gasteiger partial charge in [0.2, 0.25) is 0 Å². The molecular weight excluding hydrogens is 360 g/mol. The predicted octanol–water partition coefficient (Wildman–Crippen LogP) is 4.63. The summed E-state index contributed by atoms with van der Waals surface area (Å²) in [5.74, 6) is 1.10. The number of amides is 1. The molecule has 3 rings (SSSR count). The summed E-state index contributed by atoms with van der Waals surface area (Å²) in [6.45, 7) is 4.01. The van der Waals surface area contributed by atoms with Crippen LogP contribution in [-0.2, 0) is 0 Å². The van der Waals surface area contributed by atoms with Crippen molar-refractivity contribution in [3.63, 3.8) is 0 Å². The van der Waals surface area contributed by atoms with Gasteiger partial charge in [0.05, 0.1) is 20.3 Å². The van der Waals surface area contributed by atoms with Gasteiger partial charge in [-0.15, -0.1) is 11.3 Å². The maximum absolute atomic E-state index is 12.6. The van der Waals surface area contributed by atoms with Crippen LogP contribution >= 0.6 is 11.3 Å². The minimum atomic E-state index is -0.186. The van der Waals surface area contributed by atoms with Crippen LogP contribution in [-0.4, -0.2) is 25.1 Å². The molecule has 0 fully saturated rings. The fourth-order valence-electron chi connectivity index (χ4n) is 2.90. The molecule has 0 aliphatic rings. The highest BCUT2D eigenvalue weighted by Crippen LogP contribution is 2.33. The molecule has 0 spiro atoms. The van der Waals surface area contributed by atoms with Gasteiger partial charge in [-0.2, -0.15) is 0 Å². The topological polar surface area (TPSA) is 60.5 Å². The lowest BCUT2D eigenvalue weighted by molar-refractivity contribution is 0.0935. The van der Waals surface area contributed by atoms with Gasteiger partial charge in [0, 0.05) is 10.9 Å². The van der Waals surface area contributed by atoms with E-state index >= 15 is 0 Å². The van der Waals surface area contributed by atoms with Crippen LogP contribution in [0.4, 0.5) is 0 Å². The number of hydrogen-bond acceptors (Lipinski definition) is 5. The highest BCUT2D eigenvalue weighted by molar-refractivity contribution is 7.13. The molecule has 1 heterocycles. The third kappa shape index (κ3) is 4.11. The molecule has 0 saturated carbocycles. The van der Waals surface area contributed by atoms with E-state index in [1.807, 2.05) is 56.3 Å². The van der Waals surface area contributed by atoms with Crippen molar-refractivity contribution < 1.29 is 14.3 Å². The standard InChI is InChI=1S/C21H22N2O3S/c1-13-7-5-6-8-16(13)14(2)22-20(24)17-12-27-21(23-17)15-9-10-18(25-3)19(11-15)26-4/h5-12,14H,1-4H3,(H,22,24). The minimum absolute atomic E-state index is 0.0927. The molecule has 1 atom stereocenters. The number of ether oxygens (including phenoxy) is 2. The maximum atomic E-state index is 12.6. The van der Waals surface area contributed by atoms with Crippen molar-refractivity contribution in [2.75, 3.05) is 14.2 Å². The lowest BCUT2D eigenvalue weighted by Gasteiger charge is -2.15. The average Bonchev–Trinajstić information content (AvgIpc) is 3.18. The molecule has 0 radical (unpaired) electrons. The summed E-state index contributed by atoms with van der Waals surface area (Å²) in [7, 11) is 3.19. The van der Waals surface area contributed by atoms with E-state index in [-0.39, 0.29) is 11.9 Å². The molecule has 1 aromatic heterocycles. The molecule has 3 aromatic rings. The van der Waals surface area contributed by atoms with Gasteiger partial charge in [-0.1, -0.05) is 24.3 Å². The number of carbonyl (C=O) groups excluding carboxylic acids is 1. The second-order valence-corrected chi connectivity index (χ2v) is 7.02. The van der Waals surface area contributed by atoms with E-state index in [1.165, 1.54) is 11.3 Å². The minimum Gasteiger partial charge on any atom is -0.493 e. The molecule has 6 heteroatoms. The summed E-state index contributed by atoms with van der Waals surface area (Å²) in [4.78, 5) is 17.1. The van der Waals surface area contributed by atoms with E-state index in [1.54, 1.807) is 19.6 Å². The smallest absolute Gasteiger partial charge is 0.271 e. The summed E-state index contributed by atoms with van der Waals surface area (Å²) >= 11 is 1.42. The fraction of sp³-hybridized carbons (Fsp3) is 0.238. The van der Waals surface area contributed by atoms with Crippen molar-refractivity contribution in [2.24, 2.45) is 0 Å². The van der Waals surface area contributed by atoms with Gasteiger partial charge < -0.3 is 14.8 Å². The van der Waals surface area contributed by atoms with Crippen LogP contribution in [0.2, 0.25) is 0 Å². The summed E-state index contributed by atoms with van der Waals surface area (Å²) in [5, 5.41) is 5.54. The number of methoxy groups -OCH3 is 2. The molecule has 2 aromatic carbocycles. The Bertz CT molecular complexity index is 952. The second kappa shape index (κ2) is 8.22. The Kier molecular flexibility index (Phi) is 5.76. The molecule has 1 unspecified atom stereocenters. The van der Waals surface area contributed by atoms with E-state index in [4.69, 9.17) is 9.47 Å². The number of rotatable bonds is 6. The third-order valence-electron chi connectivity index (χ3n) is 4.37. The SMILES string of the molecule is COc1ccc(-c2nc(C(=O)NC(C)c3ccccc3C)cs2)cc1OC. The zero-order valence-corrected chi connectivity index (χ0v) is 16.6. The quantitative estimate of drug-likeness (QED) is 0.675. The maximum Gasteiger partial charge on any atom is 0.271 e. The third-order valence-corrected chi connectivity index (χ3v) is 5.26. The van der Waals surface area contributed by atoms with Crippen LogP contribution in [0.3, 0.4) is 0 Å². The van der Waals surface area contributed by atoms with Gasteiger partial charge >= 0.3 is 0 Å². The zero-order chi connectivity index (χ0) is 19.4. The molecule has 140 valence electrons.